The van der Waals surface area contributed by atoms with Gasteiger partial charge in [0.25, 0.3) is 0 Å². The molecule has 0 aliphatic carbocycles. The number of nitrogens with zero attached hydrogens (tertiary/aromatic N) is 1. The standard InChI is InChI=1S/C29H28N2/c1-22-21-30-19-20-31(22)29-27(24-13-7-3-8-14-24)18-17-26(23-11-5-2-6-12-23)28(29)25-15-9-4-10-16-25/h2-18,22,30H,19-21H2,1H3. The second-order valence-electron chi connectivity index (χ2n) is 8.23. The van der Waals surface area contributed by atoms with Crippen molar-refractivity contribution in [2.45, 2.75) is 13.0 Å². The van der Waals surface area contributed by atoms with Crippen molar-refractivity contribution in [3.63, 3.8) is 0 Å². The van der Waals surface area contributed by atoms with E-state index in [0.29, 0.717) is 6.04 Å². The highest BCUT2D eigenvalue weighted by Crippen LogP contribution is 2.46. The Morgan fingerprint density at radius 3 is 1.74 bits per heavy atom. The fraction of sp³-hybridized carbons (Fsp3) is 0.172. The van der Waals surface area contributed by atoms with Gasteiger partial charge < -0.3 is 10.2 Å². The fourth-order valence-electron chi connectivity index (χ4n) is 4.67. The Balaban J connectivity index is 1.84. The molecule has 1 saturated heterocycles. The van der Waals surface area contributed by atoms with Crippen LogP contribution in [0.15, 0.2) is 103 Å². The third-order valence-corrected chi connectivity index (χ3v) is 6.20. The van der Waals surface area contributed by atoms with Gasteiger partial charge in [-0.25, -0.2) is 0 Å². The third kappa shape index (κ3) is 3.87. The number of piperazine rings is 1. The van der Waals surface area contributed by atoms with Gasteiger partial charge in [-0.05, 0) is 29.2 Å². The maximum Gasteiger partial charge on any atom is 0.0535 e. The van der Waals surface area contributed by atoms with Gasteiger partial charge in [0.2, 0.25) is 0 Å². The number of nitrogens with one attached hydrogen (secondary N) is 1. The molecule has 1 N–H and O–H groups in total. The van der Waals surface area contributed by atoms with Gasteiger partial charge in [0.1, 0.15) is 0 Å². The highest BCUT2D eigenvalue weighted by molar-refractivity contribution is 5.99. The molecule has 0 aromatic heterocycles. The Morgan fingerprint density at radius 2 is 1.16 bits per heavy atom. The van der Waals surface area contributed by atoms with E-state index in [2.05, 4.69) is 120 Å². The van der Waals surface area contributed by atoms with E-state index in [1.54, 1.807) is 0 Å². The monoisotopic (exact) mass is 404 g/mol. The van der Waals surface area contributed by atoms with Crippen molar-refractivity contribution in [2.24, 2.45) is 0 Å². The molecule has 1 heterocycles. The van der Waals surface area contributed by atoms with Crippen LogP contribution in [0.4, 0.5) is 5.69 Å². The summed E-state index contributed by atoms with van der Waals surface area (Å²) in [6, 6.07) is 37.5. The van der Waals surface area contributed by atoms with E-state index in [1.165, 1.54) is 39.1 Å². The average molecular weight is 405 g/mol. The highest BCUT2D eigenvalue weighted by Gasteiger charge is 2.26. The SMILES string of the molecule is CC1CNCCN1c1c(-c2ccccc2)ccc(-c2ccccc2)c1-c1ccccc1. The smallest absolute Gasteiger partial charge is 0.0535 e. The first kappa shape index (κ1) is 19.6. The average Bonchev–Trinajstić information content (AvgIpc) is 2.85. The Labute approximate surface area is 185 Å². The fourth-order valence-corrected chi connectivity index (χ4v) is 4.67. The number of hydrogen-bond acceptors (Lipinski definition) is 2. The first-order chi connectivity index (χ1) is 15.3. The lowest BCUT2D eigenvalue weighted by Crippen LogP contribution is -2.50. The molecular weight excluding hydrogens is 376 g/mol. The van der Waals surface area contributed by atoms with Crippen molar-refractivity contribution >= 4 is 5.69 Å². The van der Waals surface area contributed by atoms with E-state index in [-0.39, 0.29) is 0 Å². The Kier molecular flexibility index (Phi) is 5.56. The Bertz CT molecular complexity index is 1140. The minimum absolute atomic E-state index is 0.421. The minimum atomic E-state index is 0.421. The first-order valence-electron chi connectivity index (χ1n) is 11.1. The molecule has 1 aliphatic heterocycles. The number of benzene rings is 4. The predicted molar refractivity (Wildman–Crippen MR) is 132 cm³/mol. The molecule has 4 aromatic carbocycles. The van der Waals surface area contributed by atoms with Crippen molar-refractivity contribution in [3.8, 4) is 33.4 Å². The highest BCUT2D eigenvalue weighted by atomic mass is 15.2. The van der Waals surface area contributed by atoms with Crippen LogP contribution in [0.1, 0.15) is 6.92 Å². The van der Waals surface area contributed by atoms with Gasteiger partial charge in [-0.15, -0.1) is 0 Å². The maximum atomic E-state index is 3.56. The molecular formula is C29H28N2. The van der Waals surface area contributed by atoms with Crippen molar-refractivity contribution in [2.75, 3.05) is 24.5 Å². The second kappa shape index (κ2) is 8.79. The van der Waals surface area contributed by atoms with Crippen molar-refractivity contribution in [1.29, 1.82) is 0 Å². The molecule has 1 fully saturated rings. The van der Waals surface area contributed by atoms with Gasteiger partial charge in [0, 0.05) is 36.8 Å². The van der Waals surface area contributed by atoms with Crippen molar-refractivity contribution in [3.05, 3.63) is 103 Å². The van der Waals surface area contributed by atoms with Crippen molar-refractivity contribution < 1.29 is 0 Å². The van der Waals surface area contributed by atoms with Gasteiger partial charge in [-0.2, -0.15) is 0 Å². The number of hydrogen-bond donors (Lipinski definition) is 1. The quantitative estimate of drug-likeness (QED) is 0.418. The summed E-state index contributed by atoms with van der Waals surface area (Å²) >= 11 is 0. The van der Waals surface area contributed by atoms with E-state index >= 15 is 0 Å². The van der Waals surface area contributed by atoms with Crippen LogP contribution < -0.4 is 10.2 Å². The molecule has 31 heavy (non-hydrogen) atoms. The van der Waals surface area contributed by atoms with Crippen molar-refractivity contribution in [1.82, 2.24) is 5.32 Å². The largest absolute Gasteiger partial charge is 0.365 e. The molecule has 0 saturated carbocycles. The molecule has 4 aromatic rings. The van der Waals surface area contributed by atoms with Crippen LogP contribution in [0.2, 0.25) is 0 Å². The van der Waals surface area contributed by atoms with Gasteiger partial charge in [0.15, 0.2) is 0 Å². The summed E-state index contributed by atoms with van der Waals surface area (Å²) in [5, 5.41) is 3.56. The summed E-state index contributed by atoms with van der Waals surface area (Å²) in [5.41, 5.74) is 9.03. The van der Waals surface area contributed by atoms with Crippen LogP contribution in [0, 0.1) is 0 Å². The maximum absolute atomic E-state index is 3.56. The van der Waals surface area contributed by atoms with E-state index in [4.69, 9.17) is 0 Å². The molecule has 154 valence electrons. The lowest BCUT2D eigenvalue weighted by atomic mass is 9.87. The van der Waals surface area contributed by atoms with Crippen LogP contribution in [-0.2, 0) is 0 Å². The summed E-state index contributed by atoms with van der Waals surface area (Å²) in [7, 11) is 0. The van der Waals surface area contributed by atoms with E-state index < -0.39 is 0 Å². The van der Waals surface area contributed by atoms with Crippen LogP contribution in [0.25, 0.3) is 33.4 Å². The van der Waals surface area contributed by atoms with Crippen LogP contribution >= 0.6 is 0 Å². The summed E-state index contributed by atoms with van der Waals surface area (Å²) in [4.78, 5) is 2.60. The van der Waals surface area contributed by atoms with Gasteiger partial charge in [-0.1, -0.05) is 103 Å². The molecule has 0 spiro atoms. The van der Waals surface area contributed by atoms with E-state index in [1.807, 2.05) is 0 Å². The molecule has 1 aliphatic rings. The zero-order valence-corrected chi connectivity index (χ0v) is 18.0. The molecule has 0 bridgehead atoms. The first-order valence-corrected chi connectivity index (χ1v) is 11.1. The number of rotatable bonds is 4. The molecule has 1 unspecified atom stereocenters. The van der Waals surface area contributed by atoms with Gasteiger partial charge in [-0.3, -0.25) is 0 Å². The van der Waals surface area contributed by atoms with E-state index in [0.717, 1.165) is 19.6 Å². The second-order valence-corrected chi connectivity index (χ2v) is 8.23. The van der Waals surface area contributed by atoms with E-state index in [9.17, 15) is 0 Å². The molecule has 5 rings (SSSR count). The number of anilines is 1. The Hall–Kier alpha value is -3.36. The lowest BCUT2D eigenvalue weighted by molar-refractivity contribution is 0.501. The minimum Gasteiger partial charge on any atom is -0.365 e. The Morgan fingerprint density at radius 1 is 0.645 bits per heavy atom. The van der Waals surface area contributed by atoms with Gasteiger partial charge in [0.05, 0.1) is 5.69 Å². The van der Waals surface area contributed by atoms with Crippen LogP contribution in [0.3, 0.4) is 0 Å². The molecule has 1 atom stereocenters. The summed E-state index contributed by atoms with van der Waals surface area (Å²) < 4.78 is 0. The summed E-state index contributed by atoms with van der Waals surface area (Å²) in [6.07, 6.45) is 0. The normalized spacial score (nSPS) is 16.3. The zero-order valence-electron chi connectivity index (χ0n) is 18.0. The zero-order chi connectivity index (χ0) is 21.0. The van der Waals surface area contributed by atoms with Crippen LogP contribution in [-0.4, -0.2) is 25.7 Å². The van der Waals surface area contributed by atoms with Crippen LogP contribution in [0.5, 0.6) is 0 Å². The molecule has 2 heteroatoms. The van der Waals surface area contributed by atoms with Gasteiger partial charge >= 0.3 is 0 Å². The summed E-state index contributed by atoms with van der Waals surface area (Å²) in [5.74, 6) is 0. The summed E-state index contributed by atoms with van der Waals surface area (Å²) in [6.45, 7) is 5.32. The lowest BCUT2D eigenvalue weighted by Gasteiger charge is -2.39. The molecule has 0 radical (unpaired) electrons. The predicted octanol–water partition coefficient (Wildman–Crippen LogP) is 6.49. The topological polar surface area (TPSA) is 15.3 Å². The molecule has 2 nitrogen and oxygen atoms in total. The molecule has 0 amide bonds. The third-order valence-electron chi connectivity index (χ3n) is 6.20.